The van der Waals surface area contributed by atoms with E-state index in [1.54, 1.807) is 0 Å². The molecule has 0 radical (unpaired) electrons. The van der Waals surface area contributed by atoms with Crippen LogP contribution < -0.4 is 5.32 Å². The Balaban J connectivity index is 2.29. The molecule has 0 spiro atoms. The van der Waals surface area contributed by atoms with Crippen LogP contribution in [0.25, 0.3) is 0 Å². The van der Waals surface area contributed by atoms with Crippen molar-refractivity contribution in [3.63, 3.8) is 0 Å². The second kappa shape index (κ2) is 7.48. The van der Waals surface area contributed by atoms with Crippen molar-refractivity contribution < 1.29 is 14.4 Å². The zero-order valence-electron chi connectivity index (χ0n) is 12.9. The number of hydrogen-bond acceptors (Lipinski definition) is 3. The van der Waals surface area contributed by atoms with Crippen molar-refractivity contribution >= 4 is 64.1 Å². The number of carbonyl (C=O) groups excluding carboxylic acids is 3. The van der Waals surface area contributed by atoms with Gasteiger partial charge < -0.3 is 5.32 Å². The number of fused-ring (bicyclic) bond motifs is 1. The SMILES string of the molecule is CCCC(C)NC(=O)CN1C(=O)c2c(Cl)c(Cl)c(Cl)c(Cl)c2C1=O. The van der Waals surface area contributed by atoms with E-state index in [0.717, 1.165) is 17.7 Å². The first-order valence-electron chi connectivity index (χ1n) is 7.22. The van der Waals surface area contributed by atoms with E-state index >= 15 is 0 Å². The summed E-state index contributed by atoms with van der Waals surface area (Å²) in [6, 6.07) is -0.0613. The standard InChI is InChI=1S/C15H14Cl4N2O3/c1-3-4-6(2)20-7(22)5-21-14(23)8-9(15(21)24)11(17)13(19)12(18)10(8)16/h6H,3-5H2,1-2H3,(H,20,22). The molecule has 1 aliphatic heterocycles. The molecule has 3 amide bonds. The molecule has 0 saturated heterocycles. The number of imide groups is 1. The Kier molecular flexibility index (Phi) is 6.02. The minimum absolute atomic E-state index is 0.0613. The molecular weight excluding hydrogens is 398 g/mol. The summed E-state index contributed by atoms with van der Waals surface area (Å²) < 4.78 is 0. The maximum atomic E-state index is 12.5. The molecule has 5 nitrogen and oxygen atoms in total. The molecule has 130 valence electrons. The highest BCUT2D eigenvalue weighted by Gasteiger charge is 2.42. The molecular formula is C15H14Cl4N2O3. The Hall–Kier alpha value is -1.01. The average molecular weight is 412 g/mol. The third-order valence-corrected chi connectivity index (χ3v) is 5.42. The van der Waals surface area contributed by atoms with E-state index in [4.69, 9.17) is 46.4 Å². The number of nitrogens with zero attached hydrogens (tertiary/aromatic N) is 1. The Labute approximate surface area is 159 Å². The number of hydrogen-bond donors (Lipinski definition) is 1. The molecule has 1 unspecified atom stereocenters. The van der Waals surface area contributed by atoms with Crippen LogP contribution in [0, 0.1) is 0 Å². The lowest BCUT2D eigenvalue weighted by molar-refractivity contribution is -0.122. The van der Waals surface area contributed by atoms with Crippen molar-refractivity contribution in [2.45, 2.75) is 32.7 Å². The topological polar surface area (TPSA) is 66.5 Å². The van der Waals surface area contributed by atoms with Gasteiger partial charge in [-0.25, -0.2) is 0 Å². The highest BCUT2D eigenvalue weighted by molar-refractivity contribution is 6.55. The summed E-state index contributed by atoms with van der Waals surface area (Å²) in [4.78, 5) is 37.8. The van der Waals surface area contributed by atoms with Crippen LogP contribution >= 0.6 is 46.4 Å². The number of rotatable bonds is 5. The van der Waals surface area contributed by atoms with E-state index in [9.17, 15) is 14.4 Å². The van der Waals surface area contributed by atoms with Gasteiger partial charge in [-0.2, -0.15) is 0 Å². The number of nitrogens with one attached hydrogen (secondary N) is 1. The highest BCUT2D eigenvalue weighted by Crippen LogP contribution is 2.44. The fourth-order valence-corrected chi connectivity index (χ4v) is 3.52. The molecule has 2 rings (SSSR count). The smallest absolute Gasteiger partial charge is 0.263 e. The number of halogens is 4. The number of benzene rings is 1. The molecule has 0 aromatic heterocycles. The van der Waals surface area contributed by atoms with Crippen molar-refractivity contribution in [3.8, 4) is 0 Å². The molecule has 1 aliphatic rings. The minimum Gasteiger partial charge on any atom is -0.352 e. The maximum absolute atomic E-state index is 12.5. The van der Waals surface area contributed by atoms with Gasteiger partial charge in [-0.15, -0.1) is 0 Å². The maximum Gasteiger partial charge on any atom is 0.263 e. The highest BCUT2D eigenvalue weighted by atomic mass is 35.5. The first kappa shape index (κ1) is 19.3. The molecule has 1 aromatic rings. The lowest BCUT2D eigenvalue weighted by Gasteiger charge is -2.17. The zero-order chi connectivity index (χ0) is 18.2. The summed E-state index contributed by atoms with van der Waals surface area (Å²) in [6.45, 7) is 3.41. The Bertz CT molecular complexity index is 689. The van der Waals surface area contributed by atoms with Crippen LogP contribution in [0.2, 0.25) is 20.1 Å². The first-order chi connectivity index (χ1) is 11.2. The first-order valence-corrected chi connectivity index (χ1v) is 8.73. The summed E-state index contributed by atoms with van der Waals surface area (Å²) in [6.07, 6.45) is 1.69. The number of amides is 3. The summed E-state index contributed by atoms with van der Waals surface area (Å²) in [5.41, 5.74) is -0.258. The molecule has 1 heterocycles. The summed E-state index contributed by atoms with van der Waals surface area (Å²) in [5, 5.41) is 2.21. The predicted molar refractivity (Wildman–Crippen MR) is 94.4 cm³/mol. The third kappa shape index (κ3) is 3.36. The fraction of sp³-hybridized carbons (Fsp3) is 0.400. The van der Waals surface area contributed by atoms with Crippen molar-refractivity contribution in [2.24, 2.45) is 0 Å². The monoisotopic (exact) mass is 410 g/mol. The fourth-order valence-electron chi connectivity index (χ4n) is 2.51. The van der Waals surface area contributed by atoms with Crippen LogP contribution in [-0.4, -0.2) is 35.2 Å². The average Bonchev–Trinajstić information content (AvgIpc) is 2.75. The van der Waals surface area contributed by atoms with E-state index in [-0.39, 0.29) is 37.3 Å². The van der Waals surface area contributed by atoms with Crippen molar-refractivity contribution in [1.29, 1.82) is 0 Å². The van der Waals surface area contributed by atoms with Crippen LogP contribution in [0.5, 0.6) is 0 Å². The second-order valence-electron chi connectivity index (χ2n) is 5.46. The molecule has 0 aliphatic carbocycles. The van der Waals surface area contributed by atoms with E-state index in [1.165, 1.54) is 0 Å². The van der Waals surface area contributed by atoms with Crippen LogP contribution in [0.1, 0.15) is 47.4 Å². The third-order valence-electron chi connectivity index (χ3n) is 3.62. The summed E-state index contributed by atoms with van der Waals surface area (Å²) in [5.74, 6) is -1.90. The largest absolute Gasteiger partial charge is 0.352 e. The van der Waals surface area contributed by atoms with E-state index in [0.29, 0.717) is 0 Å². The Morgan fingerprint density at radius 3 is 1.88 bits per heavy atom. The molecule has 9 heteroatoms. The van der Waals surface area contributed by atoms with Gasteiger partial charge in [-0.05, 0) is 13.3 Å². The van der Waals surface area contributed by atoms with E-state index < -0.39 is 24.3 Å². The number of carbonyl (C=O) groups is 3. The van der Waals surface area contributed by atoms with Crippen molar-refractivity contribution in [1.82, 2.24) is 10.2 Å². The predicted octanol–water partition coefficient (Wildman–Crippen LogP) is 4.20. The van der Waals surface area contributed by atoms with Crippen LogP contribution in [-0.2, 0) is 4.79 Å². The normalized spacial score (nSPS) is 14.8. The summed E-state index contributed by atoms with van der Waals surface area (Å²) in [7, 11) is 0. The van der Waals surface area contributed by atoms with Gasteiger partial charge in [0, 0.05) is 6.04 Å². The van der Waals surface area contributed by atoms with Gasteiger partial charge in [-0.1, -0.05) is 59.7 Å². The molecule has 1 aromatic carbocycles. The molecule has 1 N–H and O–H groups in total. The van der Waals surface area contributed by atoms with Crippen molar-refractivity contribution in [2.75, 3.05) is 6.54 Å². The van der Waals surface area contributed by atoms with Gasteiger partial charge in [0.05, 0.1) is 31.2 Å². The Morgan fingerprint density at radius 1 is 1.00 bits per heavy atom. The molecule has 24 heavy (non-hydrogen) atoms. The Morgan fingerprint density at radius 2 is 1.46 bits per heavy atom. The lowest BCUT2D eigenvalue weighted by atomic mass is 10.1. The second-order valence-corrected chi connectivity index (χ2v) is 6.97. The van der Waals surface area contributed by atoms with Crippen LogP contribution in [0.15, 0.2) is 0 Å². The van der Waals surface area contributed by atoms with Crippen LogP contribution in [0.4, 0.5) is 0 Å². The molecule has 0 saturated carbocycles. The van der Waals surface area contributed by atoms with Crippen molar-refractivity contribution in [3.05, 3.63) is 31.2 Å². The van der Waals surface area contributed by atoms with Gasteiger partial charge in [0.15, 0.2) is 0 Å². The van der Waals surface area contributed by atoms with Gasteiger partial charge in [0.25, 0.3) is 11.8 Å². The molecule has 1 atom stereocenters. The van der Waals surface area contributed by atoms with E-state index in [2.05, 4.69) is 5.32 Å². The van der Waals surface area contributed by atoms with Gasteiger partial charge in [0.2, 0.25) is 5.91 Å². The molecule has 0 bridgehead atoms. The molecule has 0 fully saturated rings. The minimum atomic E-state index is -0.723. The van der Waals surface area contributed by atoms with E-state index in [1.807, 2.05) is 13.8 Å². The van der Waals surface area contributed by atoms with Crippen LogP contribution in [0.3, 0.4) is 0 Å². The van der Waals surface area contributed by atoms with Gasteiger partial charge in [-0.3, -0.25) is 19.3 Å². The summed E-state index contributed by atoms with van der Waals surface area (Å²) >= 11 is 23.9. The van der Waals surface area contributed by atoms with Gasteiger partial charge >= 0.3 is 0 Å². The van der Waals surface area contributed by atoms with Gasteiger partial charge in [0.1, 0.15) is 6.54 Å². The quantitative estimate of drug-likeness (QED) is 0.448. The lowest BCUT2D eigenvalue weighted by Crippen LogP contribution is -2.43. The zero-order valence-corrected chi connectivity index (χ0v) is 15.9.